The minimum Gasteiger partial charge on any atom is -0.329 e. The molecule has 0 aliphatic carbocycles. The van der Waals surface area contributed by atoms with E-state index in [0.29, 0.717) is 15.6 Å². The maximum atomic E-state index is 12.0. The third kappa shape index (κ3) is 2.29. The summed E-state index contributed by atoms with van der Waals surface area (Å²) in [5, 5.41) is 0.303. The fourth-order valence-electron chi connectivity index (χ4n) is 1.38. The predicted molar refractivity (Wildman–Crippen MR) is 69.4 cm³/mol. The molecule has 1 heterocycles. The van der Waals surface area contributed by atoms with Crippen LogP contribution in [0.15, 0.2) is 29.1 Å². The van der Waals surface area contributed by atoms with Crippen LogP contribution in [-0.4, -0.2) is 23.9 Å². The fraction of sp³-hybridized carbons (Fsp3) is 0.200. The van der Waals surface area contributed by atoms with Crippen molar-refractivity contribution in [2.24, 2.45) is 0 Å². The number of nitrogens with zero attached hydrogens (tertiary/aromatic N) is 1. The lowest BCUT2D eigenvalue weighted by Gasteiger charge is -2.07. The highest BCUT2D eigenvalue weighted by atomic mass is 32.2. The summed E-state index contributed by atoms with van der Waals surface area (Å²) in [4.78, 5) is 14.8. The number of nitrogens with one attached hydrogen (secondary N) is 1. The van der Waals surface area contributed by atoms with Crippen LogP contribution in [-0.2, 0) is 10.1 Å². The van der Waals surface area contributed by atoms with Crippen LogP contribution in [0.4, 0.5) is 0 Å². The first-order valence-corrected chi connectivity index (χ1v) is 7.10. The summed E-state index contributed by atoms with van der Waals surface area (Å²) in [7, 11) is -3.81. The van der Waals surface area contributed by atoms with E-state index in [1.165, 1.54) is 6.92 Å². The van der Waals surface area contributed by atoms with Crippen molar-refractivity contribution in [3.63, 3.8) is 0 Å². The quantitative estimate of drug-likeness (QED) is 0.846. The van der Waals surface area contributed by atoms with Gasteiger partial charge in [-0.15, -0.1) is 0 Å². The molecule has 0 aliphatic heterocycles. The topological polar surface area (TPSA) is 81.2 Å². The van der Waals surface area contributed by atoms with Crippen LogP contribution in [0.25, 0.3) is 10.9 Å². The highest BCUT2D eigenvalue weighted by Gasteiger charge is 2.13. The van der Waals surface area contributed by atoms with E-state index in [2.05, 4.69) is 9.27 Å². The molecule has 0 bridgehead atoms. The van der Waals surface area contributed by atoms with Crippen molar-refractivity contribution in [3.05, 3.63) is 39.4 Å². The SMILES string of the molecule is CCS(=O)(=O)On1c(=S)[nH]c2ccccc2c1=O. The first-order chi connectivity index (χ1) is 8.44. The Morgan fingerprint density at radius 3 is 2.72 bits per heavy atom. The molecule has 18 heavy (non-hydrogen) atoms. The van der Waals surface area contributed by atoms with Crippen molar-refractivity contribution in [1.82, 2.24) is 9.71 Å². The minimum atomic E-state index is -3.81. The Hall–Kier alpha value is -1.67. The van der Waals surface area contributed by atoms with E-state index in [0.717, 1.165) is 0 Å². The van der Waals surface area contributed by atoms with Crippen LogP contribution in [0.3, 0.4) is 0 Å². The molecule has 1 N–H and O–H groups in total. The van der Waals surface area contributed by atoms with Gasteiger partial charge in [-0.3, -0.25) is 9.08 Å². The lowest BCUT2D eigenvalue weighted by atomic mass is 10.2. The van der Waals surface area contributed by atoms with Gasteiger partial charge in [0.15, 0.2) is 0 Å². The van der Waals surface area contributed by atoms with Crippen molar-refractivity contribution >= 4 is 33.2 Å². The summed E-state index contributed by atoms with van der Waals surface area (Å²) < 4.78 is 27.9. The molecule has 0 amide bonds. The smallest absolute Gasteiger partial charge is 0.326 e. The summed E-state index contributed by atoms with van der Waals surface area (Å²) in [5.74, 6) is -0.249. The van der Waals surface area contributed by atoms with Gasteiger partial charge in [0.05, 0.1) is 16.7 Å². The van der Waals surface area contributed by atoms with Crippen LogP contribution < -0.4 is 9.84 Å². The molecular formula is C10H10N2O4S2. The zero-order valence-electron chi connectivity index (χ0n) is 9.41. The van der Waals surface area contributed by atoms with E-state index in [9.17, 15) is 13.2 Å². The molecule has 0 unspecified atom stereocenters. The summed E-state index contributed by atoms with van der Waals surface area (Å²) in [6, 6.07) is 6.63. The molecule has 1 aromatic heterocycles. The van der Waals surface area contributed by atoms with E-state index in [-0.39, 0.29) is 10.5 Å². The third-order valence-electron chi connectivity index (χ3n) is 2.31. The average Bonchev–Trinajstić information content (AvgIpc) is 2.34. The van der Waals surface area contributed by atoms with Gasteiger partial charge < -0.3 is 4.98 Å². The Morgan fingerprint density at radius 2 is 2.06 bits per heavy atom. The predicted octanol–water partition coefficient (Wildman–Crippen LogP) is 0.837. The molecule has 6 nitrogen and oxygen atoms in total. The Balaban J connectivity index is 2.73. The number of hydrogen-bond donors (Lipinski definition) is 1. The standard InChI is InChI=1S/C10H10N2O4S2/c1-2-18(14,15)16-12-9(13)7-5-3-4-6-8(7)11-10(12)17/h3-6H,2H2,1H3,(H,11,17). The zero-order chi connectivity index (χ0) is 13.3. The molecule has 0 spiro atoms. The van der Waals surface area contributed by atoms with Crippen molar-refractivity contribution in [1.29, 1.82) is 0 Å². The largest absolute Gasteiger partial charge is 0.329 e. The van der Waals surface area contributed by atoms with Gasteiger partial charge in [0.25, 0.3) is 5.56 Å². The molecule has 0 fully saturated rings. The normalized spacial score (nSPS) is 11.6. The van der Waals surface area contributed by atoms with Crippen molar-refractivity contribution < 1.29 is 12.7 Å². The average molecular weight is 286 g/mol. The van der Waals surface area contributed by atoms with E-state index in [4.69, 9.17) is 12.2 Å². The fourth-order valence-corrected chi connectivity index (χ4v) is 2.13. The zero-order valence-corrected chi connectivity index (χ0v) is 11.0. The van der Waals surface area contributed by atoms with Gasteiger partial charge in [-0.05, 0) is 31.3 Å². The number of hydrogen-bond acceptors (Lipinski definition) is 5. The van der Waals surface area contributed by atoms with E-state index >= 15 is 0 Å². The highest BCUT2D eigenvalue weighted by Crippen LogP contribution is 2.05. The second-order valence-corrected chi connectivity index (χ2v) is 5.72. The lowest BCUT2D eigenvalue weighted by Crippen LogP contribution is -2.33. The summed E-state index contributed by atoms with van der Waals surface area (Å²) in [5.41, 5.74) is -0.0763. The third-order valence-corrected chi connectivity index (χ3v) is 3.66. The number of aromatic amines is 1. The van der Waals surface area contributed by atoms with Gasteiger partial charge in [0.2, 0.25) is 4.77 Å². The molecule has 0 radical (unpaired) electrons. The Bertz CT molecular complexity index is 804. The van der Waals surface area contributed by atoms with Crippen LogP contribution >= 0.6 is 12.2 Å². The summed E-state index contributed by atoms with van der Waals surface area (Å²) in [6.07, 6.45) is 0. The molecule has 1 aromatic carbocycles. The van der Waals surface area contributed by atoms with Gasteiger partial charge in [-0.2, -0.15) is 8.42 Å². The van der Waals surface area contributed by atoms with Gasteiger partial charge in [-0.1, -0.05) is 16.9 Å². The molecule has 0 atom stereocenters. The second kappa shape index (κ2) is 4.54. The highest BCUT2D eigenvalue weighted by molar-refractivity contribution is 7.86. The molecule has 96 valence electrons. The molecule has 8 heteroatoms. The summed E-state index contributed by atoms with van der Waals surface area (Å²) in [6.45, 7) is 1.41. The van der Waals surface area contributed by atoms with Crippen LogP contribution in [0.5, 0.6) is 0 Å². The van der Waals surface area contributed by atoms with Gasteiger partial charge in [0, 0.05) is 0 Å². The molecule has 2 aromatic rings. The first kappa shape index (κ1) is 12.8. The maximum Gasteiger partial charge on any atom is 0.326 e. The molecule has 0 aliphatic rings. The minimum absolute atomic E-state index is 0.101. The first-order valence-electron chi connectivity index (χ1n) is 5.11. The van der Waals surface area contributed by atoms with Crippen LogP contribution in [0.2, 0.25) is 0 Å². The van der Waals surface area contributed by atoms with Gasteiger partial charge in [0.1, 0.15) is 0 Å². The molecule has 0 saturated carbocycles. The maximum absolute atomic E-state index is 12.0. The second-order valence-electron chi connectivity index (χ2n) is 3.50. The van der Waals surface area contributed by atoms with Crippen molar-refractivity contribution in [3.8, 4) is 0 Å². The van der Waals surface area contributed by atoms with E-state index in [1.807, 2.05) is 0 Å². The van der Waals surface area contributed by atoms with Crippen LogP contribution in [0.1, 0.15) is 6.92 Å². The van der Waals surface area contributed by atoms with Gasteiger partial charge >= 0.3 is 10.1 Å². The Labute approximate surface area is 108 Å². The van der Waals surface area contributed by atoms with Crippen LogP contribution in [0, 0.1) is 4.77 Å². The molecule has 2 rings (SSSR count). The monoisotopic (exact) mass is 286 g/mol. The molecular weight excluding hydrogens is 276 g/mol. The van der Waals surface area contributed by atoms with E-state index in [1.54, 1.807) is 24.3 Å². The van der Waals surface area contributed by atoms with Crippen molar-refractivity contribution in [2.75, 3.05) is 5.75 Å². The Kier molecular flexibility index (Phi) is 3.22. The van der Waals surface area contributed by atoms with Gasteiger partial charge in [-0.25, -0.2) is 0 Å². The number of benzene rings is 1. The summed E-state index contributed by atoms with van der Waals surface area (Å²) >= 11 is 4.90. The number of H-pyrrole nitrogens is 1. The number of aromatic nitrogens is 2. The number of para-hydroxylation sites is 1. The lowest BCUT2D eigenvalue weighted by molar-refractivity contribution is 0.261. The number of rotatable bonds is 3. The Morgan fingerprint density at radius 1 is 1.39 bits per heavy atom. The number of fused-ring (bicyclic) bond motifs is 1. The van der Waals surface area contributed by atoms with Crippen molar-refractivity contribution in [2.45, 2.75) is 6.92 Å². The molecule has 0 saturated heterocycles. The van der Waals surface area contributed by atoms with E-state index < -0.39 is 15.7 Å².